The smallest absolute Gasteiger partial charge is 0.160 e. The summed E-state index contributed by atoms with van der Waals surface area (Å²) in [5.41, 5.74) is 9.96. The summed E-state index contributed by atoms with van der Waals surface area (Å²) in [4.78, 5) is 20.9. The number of hydrogen-bond acceptors (Lipinski definition) is 4. The number of rotatable bonds is 5. The van der Waals surface area contributed by atoms with Gasteiger partial charge in [-0.2, -0.15) is 0 Å². The first-order chi connectivity index (χ1) is 33.7. The molecule has 0 N–H and O–H groups in total. The van der Waals surface area contributed by atoms with Crippen molar-refractivity contribution in [2.45, 2.75) is 0 Å². The largest absolute Gasteiger partial charge is 0.228 e. The second-order valence-electron chi connectivity index (χ2n) is 17.7. The molecule has 0 unspecified atom stereocenters. The summed E-state index contributed by atoms with van der Waals surface area (Å²) in [6.07, 6.45) is 0. The standard InChI is InChI=1S/C64H38N4/c1-3-17-49-45(13-1)47-15-5-7-19-51(47)57-37-43(33-35-53(49)57)63-65-59-23-11-9-21-55(59)61(67-63)41-29-25-39(26-30-41)40-27-31-42(32-28-40)62-56-22-10-12-24-60(56)66-64(68-62)44-34-36-54-50-18-4-2-14-46(50)48-16-6-8-20-52(48)58(54)38-44/h1-38H. The summed E-state index contributed by atoms with van der Waals surface area (Å²) < 4.78 is 0. The van der Waals surface area contributed by atoms with Crippen molar-refractivity contribution >= 4 is 86.4 Å². The van der Waals surface area contributed by atoms with E-state index in [1.54, 1.807) is 0 Å². The van der Waals surface area contributed by atoms with Crippen molar-refractivity contribution in [2.24, 2.45) is 0 Å². The van der Waals surface area contributed by atoms with Gasteiger partial charge in [-0.15, -0.1) is 0 Å². The Bertz CT molecular complexity index is 4010. The van der Waals surface area contributed by atoms with Crippen LogP contribution in [0.3, 0.4) is 0 Å². The van der Waals surface area contributed by atoms with Gasteiger partial charge >= 0.3 is 0 Å². The summed E-state index contributed by atoms with van der Waals surface area (Å²) in [7, 11) is 0. The van der Waals surface area contributed by atoms with Crippen LogP contribution in [0.25, 0.3) is 143 Å². The first-order valence-electron chi connectivity index (χ1n) is 23.1. The second-order valence-corrected chi connectivity index (χ2v) is 17.7. The molecule has 0 spiro atoms. The highest BCUT2D eigenvalue weighted by atomic mass is 14.9. The fraction of sp³-hybridized carbons (Fsp3) is 0. The topological polar surface area (TPSA) is 51.6 Å². The van der Waals surface area contributed by atoms with Gasteiger partial charge in [-0.05, 0) is 100 Å². The van der Waals surface area contributed by atoms with Crippen molar-refractivity contribution in [3.63, 3.8) is 0 Å². The average molecular weight is 863 g/mol. The predicted molar refractivity (Wildman–Crippen MR) is 285 cm³/mol. The lowest BCUT2D eigenvalue weighted by Gasteiger charge is -2.13. The van der Waals surface area contributed by atoms with Crippen LogP contribution in [-0.4, -0.2) is 19.9 Å². The molecule has 0 amide bonds. The van der Waals surface area contributed by atoms with E-state index in [-0.39, 0.29) is 0 Å². The van der Waals surface area contributed by atoms with Crippen LogP contribution in [0.15, 0.2) is 231 Å². The Morgan fingerprint density at radius 1 is 0.176 bits per heavy atom. The number of para-hydroxylation sites is 2. The molecule has 0 radical (unpaired) electrons. The Hall–Kier alpha value is -9.12. The molecule has 0 saturated heterocycles. The molecule has 0 aliphatic rings. The lowest BCUT2D eigenvalue weighted by atomic mass is 9.93. The molecule has 0 aliphatic heterocycles. The average Bonchev–Trinajstić information content (AvgIpc) is 3.42. The van der Waals surface area contributed by atoms with E-state index in [9.17, 15) is 0 Å². The van der Waals surface area contributed by atoms with Gasteiger partial charge in [0.05, 0.1) is 22.4 Å². The molecular formula is C64H38N4. The number of benzene rings is 12. The number of fused-ring (bicyclic) bond motifs is 14. The van der Waals surface area contributed by atoms with Gasteiger partial charge in [-0.3, -0.25) is 0 Å². The molecule has 4 nitrogen and oxygen atoms in total. The van der Waals surface area contributed by atoms with Crippen molar-refractivity contribution in [3.05, 3.63) is 231 Å². The lowest BCUT2D eigenvalue weighted by Crippen LogP contribution is -1.96. The summed E-state index contributed by atoms with van der Waals surface area (Å²) in [6.45, 7) is 0. The van der Waals surface area contributed by atoms with Crippen LogP contribution in [0.5, 0.6) is 0 Å². The van der Waals surface area contributed by atoms with Crippen LogP contribution in [-0.2, 0) is 0 Å². The van der Waals surface area contributed by atoms with E-state index in [1.807, 2.05) is 12.1 Å². The number of hydrogen-bond donors (Lipinski definition) is 0. The molecule has 14 aromatic rings. The Labute approximate surface area is 391 Å². The summed E-state index contributed by atoms with van der Waals surface area (Å²) in [5.74, 6) is 1.42. The summed E-state index contributed by atoms with van der Waals surface area (Å²) in [6, 6.07) is 82.2. The molecule has 14 rings (SSSR count). The van der Waals surface area contributed by atoms with E-state index in [1.165, 1.54) is 64.6 Å². The lowest BCUT2D eigenvalue weighted by molar-refractivity contribution is 1.23. The zero-order chi connectivity index (χ0) is 44.7. The van der Waals surface area contributed by atoms with Crippen LogP contribution in [0.1, 0.15) is 0 Å². The Morgan fingerprint density at radius 2 is 0.426 bits per heavy atom. The highest BCUT2D eigenvalue weighted by Gasteiger charge is 2.17. The summed E-state index contributed by atoms with van der Waals surface area (Å²) >= 11 is 0. The van der Waals surface area contributed by atoms with Crippen LogP contribution in [0.4, 0.5) is 0 Å². The normalized spacial score (nSPS) is 11.8. The molecule has 4 heteroatoms. The first-order valence-corrected chi connectivity index (χ1v) is 23.1. The molecule has 0 bridgehead atoms. The third kappa shape index (κ3) is 6.08. The molecule has 2 aromatic heterocycles. The van der Waals surface area contributed by atoms with Gasteiger partial charge in [0, 0.05) is 33.0 Å². The fourth-order valence-corrected chi connectivity index (χ4v) is 10.6. The Kier molecular flexibility index (Phi) is 8.55. The highest BCUT2D eigenvalue weighted by Crippen LogP contribution is 2.40. The molecule has 0 aliphatic carbocycles. The van der Waals surface area contributed by atoms with E-state index in [4.69, 9.17) is 19.9 Å². The molecular weight excluding hydrogens is 825 g/mol. The van der Waals surface area contributed by atoms with E-state index in [0.717, 1.165) is 66.6 Å². The predicted octanol–water partition coefficient (Wildman–Crippen LogP) is 16.8. The maximum atomic E-state index is 5.31. The Balaban J connectivity index is 0.818. The minimum atomic E-state index is 0.709. The van der Waals surface area contributed by atoms with E-state index >= 15 is 0 Å². The molecule has 12 aromatic carbocycles. The SMILES string of the molecule is c1ccc2c(-c3ccc(-c4ccc(-c5nc(-c6ccc7c8ccccc8c8ccccc8c7c6)nc6ccccc56)cc4)cc3)nc(-c3ccc4c5ccccc5c5ccccc5c4c3)nc2c1. The fourth-order valence-electron chi connectivity index (χ4n) is 10.6. The van der Waals surface area contributed by atoms with Crippen molar-refractivity contribution in [2.75, 3.05) is 0 Å². The zero-order valence-corrected chi connectivity index (χ0v) is 36.7. The minimum absolute atomic E-state index is 0.709. The molecule has 0 saturated carbocycles. The van der Waals surface area contributed by atoms with Crippen molar-refractivity contribution < 1.29 is 0 Å². The highest BCUT2D eigenvalue weighted by molar-refractivity contribution is 6.27. The van der Waals surface area contributed by atoms with Crippen LogP contribution in [0.2, 0.25) is 0 Å². The van der Waals surface area contributed by atoms with Crippen LogP contribution in [0, 0.1) is 0 Å². The quantitative estimate of drug-likeness (QED) is 0.162. The van der Waals surface area contributed by atoms with E-state index < -0.39 is 0 Å². The van der Waals surface area contributed by atoms with Gasteiger partial charge in [0.1, 0.15) is 0 Å². The Morgan fingerprint density at radius 3 is 0.765 bits per heavy atom. The molecule has 314 valence electrons. The zero-order valence-electron chi connectivity index (χ0n) is 36.7. The third-order valence-corrected chi connectivity index (χ3v) is 13.9. The van der Waals surface area contributed by atoms with Gasteiger partial charge in [-0.25, -0.2) is 19.9 Å². The third-order valence-electron chi connectivity index (χ3n) is 13.9. The molecule has 68 heavy (non-hydrogen) atoms. The first kappa shape index (κ1) is 38.2. The minimum Gasteiger partial charge on any atom is -0.228 e. The monoisotopic (exact) mass is 862 g/mol. The van der Waals surface area contributed by atoms with Gasteiger partial charge in [0.25, 0.3) is 0 Å². The molecule has 2 heterocycles. The van der Waals surface area contributed by atoms with Crippen molar-refractivity contribution in [3.8, 4) is 56.4 Å². The van der Waals surface area contributed by atoms with Gasteiger partial charge in [0.15, 0.2) is 11.6 Å². The maximum absolute atomic E-state index is 5.31. The van der Waals surface area contributed by atoms with Crippen LogP contribution < -0.4 is 0 Å². The number of nitrogens with zero attached hydrogens (tertiary/aromatic N) is 4. The van der Waals surface area contributed by atoms with Gasteiger partial charge in [0.2, 0.25) is 0 Å². The van der Waals surface area contributed by atoms with Crippen molar-refractivity contribution in [1.82, 2.24) is 19.9 Å². The van der Waals surface area contributed by atoms with E-state index in [0.29, 0.717) is 11.6 Å². The van der Waals surface area contributed by atoms with Gasteiger partial charge < -0.3 is 0 Å². The van der Waals surface area contributed by atoms with E-state index in [2.05, 4.69) is 218 Å². The van der Waals surface area contributed by atoms with Gasteiger partial charge in [-0.1, -0.05) is 206 Å². The summed E-state index contributed by atoms with van der Waals surface area (Å²) in [5, 5.41) is 16.9. The molecule has 0 atom stereocenters. The second kappa shape index (κ2) is 15.2. The molecule has 0 fully saturated rings. The number of aromatic nitrogens is 4. The van der Waals surface area contributed by atoms with Crippen molar-refractivity contribution in [1.29, 1.82) is 0 Å². The maximum Gasteiger partial charge on any atom is 0.160 e. The van der Waals surface area contributed by atoms with Crippen LogP contribution >= 0.6 is 0 Å².